The third-order valence-electron chi connectivity index (χ3n) is 3.71. The maximum Gasteiger partial charge on any atom is 0.272 e. The molecule has 0 bridgehead atoms. The number of aromatic nitrogens is 1. The maximum atomic E-state index is 12.3. The van der Waals surface area contributed by atoms with E-state index in [2.05, 4.69) is 15.5 Å². The lowest BCUT2D eigenvalue weighted by molar-refractivity contribution is 0.0950. The molecule has 1 aromatic carbocycles. The fourth-order valence-electron chi connectivity index (χ4n) is 2.45. The van der Waals surface area contributed by atoms with Crippen molar-refractivity contribution in [3.8, 4) is 0 Å². The topological polar surface area (TPSA) is 92.4 Å². The van der Waals surface area contributed by atoms with E-state index in [-0.39, 0.29) is 11.8 Å². The smallest absolute Gasteiger partial charge is 0.272 e. The van der Waals surface area contributed by atoms with Gasteiger partial charge in [-0.3, -0.25) is 9.59 Å². The van der Waals surface area contributed by atoms with Crippen molar-refractivity contribution in [2.45, 2.75) is 6.42 Å². The normalized spacial score (nSPS) is 10.7. The van der Waals surface area contributed by atoms with Crippen LogP contribution in [-0.4, -0.2) is 48.5 Å². The molecule has 0 unspecified atom stereocenters. The zero-order valence-electron chi connectivity index (χ0n) is 14.9. The predicted octanol–water partition coefficient (Wildman–Crippen LogP) is 1.54. The largest absolute Gasteiger partial charge is 0.397 e. The number of nitrogen functional groups attached to an aromatic ring is 1. The Morgan fingerprint density at radius 3 is 2.60 bits per heavy atom. The van der Waals surface area contributed by atoms with Gasteiger partial charge in [0, 0.05) is 31.0 Å². The van der Waals surface area contributed by atoms with E-state index in [0.29, 0.717) is 29.2 Å². The van der Waals surface area contributed by atoms with Gasteiger partial charge < -0.3 is 25.8 Å². The Kier molecular flexibility index (Phi) is 6.19. The Labute approximate surface area is 147 Å². The summed E-state index contributed by atoms with van der Waals surface area (Å²) in [6, 6.07) is 8.47. The van der Waals surface area contributed by atoms with Gasteiger partial charge in [-0.15, -0.1) is 0 Å². The van der Waals surface area contributed by atoms with Crippen molar-refractivity contribution in [3.63, 3.8) is 0 Å². The van der Waals surface area contributed by atoms with Crippen molar-refractivity contribution in [3.05, 3.63) is 47.8 Å². The van der Waals surface area contributed by atoms with Crippen molar-refractivity contribution in [2.24, 2.45) is 7.05 Å². The summed E-state index contributed by atoms with van der Waals surface area (Å²) in [5.74, 6) is -0.430. The average Bonchev–Trinajstić information content (AvgIpc) is 2.90. The minimum atomic E-state index is -0.275. The van der Waals surface area contributed by atoms with Gasteiger partial charge in [-0.05, 0) is 51.3 Å². The molecule has 0 radical (unpaired) electrons. The molecular weight excluding hydrogens is 318 g/mol. The monoisotopic (exact) mass is 343 g/mol. The lowest BCUT2D eigenvalue weighted by atomic mass is 10.2. The van der Waals surface area contributed by atoms with E-state index in [4.69, 9.17) is 5.73 Å². The summed E-state index contributed by atoms with van der Waals surface area (Å²) < 4.78 is 1.66. The minimum Gasteiger partial charge on any atom is -0.397 e. The number of carbonyl (C=O) groups excluding carboxylic acids is 2. The number of nitrogens with zero attached hydrogens (tertiary/aromatic N) is 2. The van der Waals surface area contributed by atoms with E-state index in [1.54, 1.807) is 48.1 Å². The van der Waals surface area contributed by atoms with Gasteiger partial charge in [-0.2, -0.15) is 0 Å². The van der Waals surface area contributed by atoms with Gasteiger partial charge in [-0.1, -0.05) is 6.07 Å². The van der Waals surface area contributed by atoms with E-state index < -0.39 is 0 Å². The van der Waals surface area contributed by atoms with Crippen LogP contribution >= 0.6 is 0 Å². The summed E-state index contributed by atoms with van der Waals surface area (Å²) in [6.07, 6.45) is 2.55. The molecule has 0 aliphatic rings. The van der Waals surface area contributed by atoms with Crippen molar-refractivity contribution in [1.82, 2.24) is 14.8 Å². The molecule has 2 amide bonds. The number of nitrogens with one attached hydrogen (secondary N) is 2. The molecule has 4 N–H and O–H groups in total. The first-order valence-electron chi connectivity index (χ1n) is 8.13. The molecule has 2 rings (SSSR count). The maximum absolute atomic E-state index is 12.3. The molecular formula is C18H25N5O2. The number of amides is 2. The van der Waals surface area contributed by atoms with Gasteiger partial charge in [0.1, 0.15) is 5.69 Å². The van der Waals surface area contributed by atoms with Crippen LogP contribution in [0, 0.1) is 0 Å². The van der Waals surface area contributed by atoms with Crippen LogP contribution in [0.1, 0.15) is 27.3 Å². The number of hydrogen-bond donors (Lipinski definition) is 3. The van der Waals surface area contributed by atoms with E-state index >= 15 is 0 Å². The highest BCUT2D eigenvalue weighted by Crippen LogP contribution is 2.14. The van der Waals surface area contributed by atoms with Gasteiger partial charge in [-0.25, -0.2) is 0 Å². The molecule has 134 valence electrons. The van der Waals surface area contributed by atoms with E-state index in [1.807, 2.05) is 14.1 Å². The Bertz CT molecular complexity index is 752. The van der Waals surface area contributed by atoms with Crippen molar-refractivity contribution >= 4 is 23.2 Å². The summed E-state index contributed by atoms with van der Waals surface area (Å²) in [4.78, 5) is 26.6. The second-order valence-corrected chi connectivity index (χ2v) is 6.22. The summed E-state index contributed by atoms with van der Waals surface area (Å²) >= 11 is 0. The first-order chi connectivity index (χ1) is 11.9. The molecule has 2 aromatic rings. The predicted molar refractivity (Wildman–Crippen MR) is 99.7 cm³/mol. The zero-order valence-corrected chi connectivity index (χ0v) is 14.9. The fourth-order valence-corrected chi connectivity index (χ4v) is 2.45. The zero-order chi connectivity index (χ0) is 18.4. The first-order valence-corrected chi connectivity index (χ1v) is 8.13. The van der Waals surface area contributed by atoms with Gasteiger partial charge in [0.25, 0.3) is 11.8 Å². The third-order valence-corrected chi connectivity index (χ3v) is 3.71. The second kappa shape index (κ2) is 8.34. The van der Waals surface area contributed by atoms with Crippen LogP contribution in [0.15, 0.2) is 36.5 Å². The van der Waals surface area contributed by atoms with Gasteiger partial charge in [0.2, 0.25) is 0 Å². The molecule has 0 atom stereocenters. The van der Waals surface area contributed by atoms with E-state index in [9.17, 15) is 9.59 Å². The minimum absolute atomic E-state index is 0.155. The van der Waals surface area contributed by atoms with Crippen LogP contribution in [0.25, 0.3) is 0 Å². The Morgan fingerprint density at radius 1 is 1.20 bits per heavy atom. The van der Waals surface area contributed by atoms with Crippen molar-refractivity contribution < 1.29 is 9.59 Å². The number of hydrogen-bond acceptors (Lipinski definition) is 4. The van der Waals surface area contributed by atoms with Crippen LogP contribution in [0.4, 0.5) is 11.4 Å². The molecule has 0 spiro atoms. The number of anilines is 2. The number of carbonyl (C=O) groups is 2. The van der Waals surface area contributed by atoms with Crippen molar-refractivity contribution in [1.29, 1.82) is 0 Å². The molecule has 1 aromatic heterocycles. The first kappa shape index (κ1) is 18.5. The van der Waals surface area contributed by atoms with Gasteiger partial charge in [0.05, 0.1) is 5.69 Å². The summed E-state index contributed by atoms with van der Waals surface area (Å²) in [5, 5.41) is 5.67. The quantitative estimate of drug-likeness (QED) is 0.665. The number of aryl methyl sites for hydroxylation is 1. The molecule has 25 heavy (non-hydrogen) atoms. The Hall–Kier alpha value is -2.80. The average molecular weight is 343 g/mol. The lowest BCUT2D eigenvalue weighted by Gasteiger charge is -2.11. The molecule has 1 heterocycles. The molecule has 7 heteroatoms. The lowest BCUT2D eigenvalue weighted by Crippen LogP contribution is -2.27. The van der Waals surface area contributed by atoms with Crippen LogP contribution < -0.4 is 16.4 Å². The summed E-state index contributed by atoms with van der Waals surface area (Å²) in [7, 11) is 5.74. The second-order valence-electron chi connectivity index (χ2n) is 6.22. The molecule has 7 nitrogen and oxygen atoms in total. The van der Waals surface area contributed by atoms with Crippen molar-refractivity contribution in [2.75, 3.05) is 38.2 Å². The molecule has 0 saturated heterocycles. The van der Waals surface area contributed by atoms with Crippen LogP contribution in [0.5, 0.6) is 0 Å². The molecule has 0 saturated carbocycles. The van der Waals surface area contributed by atoms with Crippen LogP contribution in [0.3, 0.4) is 0 Å². The highest BCUT2D eigenvalue weighted by Gasteiger charge is 2.12. The summed E-state index contributed by atoms with van der Waals surface area (Å²) in [5.41, 5.74) is 7.74. The van der Waals surface area contributed by atoms with Gasteiger partial charge in [0.15, 0.2) is 0 Å². The standard InChI is InChI=1S/C18H25N5O2/c1-22(2)9-5-8-20-17(24)13-6-4-7-15(10-13)21-18(25)16-11-14(19)12-23(16)3/h4,6-7,10-12H,5,8-9,19H2,1-3H3,(H,20,24)(H,21,25). The highest BCUT2D eigenvalue weighted by atomic mass is 16.2. The van der Waals surface area contributed by atoms with Crippen LogP contribution in [-0.2, 0) is 7.05 Å². The van der Waals surface area contributed by atoms with E-state index in [0.717, 1.165) is 13.0 Å². The molecule has 0 aliphatic carbocycles. The van der Waals surface area contributed by atoms with Crippen LogP contribution in [0.2, 0.25) is 0 Å². The number of rotatable bonds is 7. The van der Waals surface area contributed by atoms with E-state index in [1.165, 1.54) is 0 Å². The number of benzene rings is 1. The number of nitrogens with two attached hydrogens (primary N) is 1. The summed E-state index contributed by atoms with van der Waals surface area (Å²) in [6.45, 7) is 1.52. The molecule has 0 aliphatic heterocycles. The highest BCUT2D eigenvalue weighted by molar-refractivity contribution is 6.04. The third kappa shape index (κ3) is 5.36. The fraction of sp³-hybridized carbons (Fsp3) is 0.333. The SMILES string of the molecule is CN(C)CCCNC(=O)c1cccc(NC(=O)c2cc(N)cn2C)c1. The Morgan fingerprint density at radius 2 is 1.96 bits per heavy atom. The molecule has 0 fully saturated rings. The van der Waals surface area contributed by atoms with Gasteiger partial charge >= 0.3 is 0 Å². The Balaban J connectivity index is 1.97.